The quantitative estimate of drug-likeness (QED) is 0.215. The van der Waals surface area contributed by atoms with Crippen LogP contribution in [-0.4, -0.2) is 30.0 Å². The molecule has 1 amide bonds. The maximum absolute atomic E-state index is 13.9. The maximum atomic E-state index is 13.9. The summed E-state index contributed by atoms with van der Waals surface area (Å²) in [5.41, 5.74) is 3.67. The van der Waals surface area contributed by atoms with Gasteiger partial charge in [-0.15, -0.1) is 0 Å². The van der Waals surface area contributed by atoms with Crippen molar-refractivity contribution in [2.45, 2.75) is 45.3 Å². The van der Waals surface area contributed by atoms with Crippen LogP contribution in [0.4, 0.5) is 0 Å². The van der Waals surface area contributed by atoms with Gasteiger partial charge in [-0.05, 0) is 40.5 Å². The zero-order chi connectivity index (χ0) is 27.3. The van der Waals surface area contributed by atoms with E-state index in [1.807, 2.05) is 36.4 Å². The SMILES string of the molecule is C[C@H](Cc1ccccc1)C(=O)N1CC(C)(C)C[C@H]1COC(c1ccccc1)(c1ccccc1)c1ccccc1. The molecule has 1 fully saturated rings. The molecule has 3 heteroatoms. The molecule has 1 aliphatic rings. The highest BCUT2D eigenvalue weighted by Gasteiger charge is 2.44. The van der Waals surface area contributed by atoms with Crippen molar-refractivity contribution in [2.75, 3.05) is 13.2 Å². The van der Waals surface area contributed by atoms with E-state index < -0.39 is 5.60 Å². The number of rotatable bonds is 9. The van der Waals surface area contributed by atoms with Crippen molar-refractivity contribution in [3.8, 4) is 0 Å². The van der Waals surface area contributed by atoms with Gasteiger partial charge in [0.1, 0.15) is 5.60 Å². The van der Waals surface area contributed by atoms with Gasteiger partial charge >= 0.3 is 0 Å². The predicted octanol–water partition coefficient (Wildman–Crippen LogP) is 7.50. The first-order valence-electron chi connectivity index (χ1n) is 14.0. The second-order valence-corrected chi connectivity index (χ2v) is 11.7. The normalized spacial score (nSPS) is 17.6. The van der Waals surface area contributed by atoms with Crippen LogP contribution in [0.3, 0.4) is 0 Å². The number of carbonyl (C=O) groups is 1. The fourth-order valence-corrected chi connectivity index (χ4v) is 6.14. The summed E-state index contributed by atoms with van der Waals surface area (Å²) in [6, 6.07) is 41.7. The van der Waals surface area contributed by atoms with Gasteiger partial charge in [-0.1, -0.05) is 142 Å². The summed E-state index contributed by atoms with van der Waals surface area (Å²) in [4.78, 5) is 15.9. The Morgan fingerprint density at radius 1 is 0.795 bits per heavy atom. The Morgan fingerprint density at radius 3 is 1.69 bits per heavy atom. The molecule has 0 N–H and O–H groups in total. The fourth-order valence-electron chi connectivity index (χ4n) is 6.14. The van der Waals surface area contributed by atoms with Crippen molar-refractivity contribution in [1.29, 1.82) is 0 Å². The number of carbonyl (C=O) groups excluding carboxylic acids is 1. The minimum atomic E-state index is -0.791. The Hall–Kier alpha value is -3.69. The van der Waals surface area contributed by atoms with Gasteiger partial charge < -0.3 is 9.64 Å². The Labute approximate surface area is 233 Å². The number of hydrogen-bond acceptors (Lipinski definition) is 2. The van der Waals surface area contributed by atoms with E-state index in [9.17, 15) is 4.79 Å². The van der Waals surface area contributed by atoms with E-state index in [1.165, 1.54) is 5.56 Å². The molecule has 0 spiro atoms. The topological polar surface area (TPSA) is 29.5 Å². The van der Waals surface area contributed by atoms with Gasteiger partial charge in [-0.2, -0.15) is 0 Å². The van der Waals surface area contributed by atoms with E-state index in [0.29, 0.717) is 6.61 Å². The monoisotopic (exact) mass is 517 g/mol. The van der Waals surface area contributed by atoms with Crippen molar-refractivity contribution in [2.24, 2.45) is 11.3 Å². The average molecular weight is 518 g/mol. The summed E-state index contributed by atoms with van der Waals surface area (Å²) in [6.07, 6.45) is 1.65. The molecule has 5 rings (SSSR count). The smallest absolute Gasteiger partial charge is 0.226 e. The molecule has 1 saturated heterocycles. The summed E-state index contributed by atoms with van der Waals surface area (Å²) >= 11 is 0. The molecule has 2 atom stereocenters. The van der Waals surface area contributed by atoms with Crippen LogP contribution in [0, 0.1) is 11.3 Å². The zero-order valence-electron chi connectivity index (χ0n) is 23.3. The third-order valence-electron chi connectivity index (χ3n) is 7.95. The lowest BCUT2D eigenvalue weighted by Crippen LogP contribution is -2.44. The van der Waals surface area contributed by atoms with Crippen LogP contribution in [0.15, 0.2) is 121 Å². The van der Waals surface area contributed by atoms with Gasteiger partial charge in [0.05, 0.1) is 12.6 Å². The highest BCUT2D eigenvalue weighted by molar-refractivity contribution is 5.79. The zero-order valence-corrected chi connectivity index (χ0v) is 23.3. The van der Waals surface area contributed by atoms with Crippen molar-refractivity contribution < 1.29 is 9.53 Å². The summed E-state index contributed by atoms with van der Waals surface area (Å²) < 4.78 is 7.15. The van der Waals surface area contributed by atoms with E-state index in [0.717, 1.165) is 36.1 Å². The predicted molar refractivity (Wildman–Crippen MR) is 158 cm³/mol. The highest BCUT2D eigenvalue weighted by Crippen LogP contribution is 2.42. The molecular formula is C36H39NO2. The van der Waals surface area contributed by atoms with E-state index in [-0.39, 0.29) is 23.3 Å². The van der Waals surface area contributed by atoms with Crippen LogP contribution in [-0.2, 0) is 21.6 Å². The van der Waals surface area contributed by atoms with Crippen LogP contribution in [0.1, 0.15) is 49.4 Å². The standard InChI is InChI=1S/C36H39NO2/c1-28(24-29-16-8-4-9-17-29)34(38)37-27-35(2,3)25-33(37)26-39-36(30-18-10-5-11-19-30,31-20-12-6-13-21-31)32-22-14-7-15-23-32/h4-23,28,33H,24-27H2,1-3H3/t28-,33+/m1/s1. The van der Waals surface area contributed by atoms with Crippen molar-refractivity contribution in [3.63, 3.8) is 0 Å². The number of amides is 1. The van der Waals surface area contributed by atoms with Gasteiger partial charge in [0, 0.05) is 12.5 Å². The Morgan fingerprint density at radius 2 is 1.23 bits per heavy atom. The van der Waals surface area contributed by atoms with Gasteiger partial charge in [-0.3, -0.25) is 4.79 Å². The van der Waals surface area contributed by atoms with E-state index in [1.54, 1.807) is 0 Å². The molecular weight excluding hydrogens is 478 g/mol. The van der Waals surface area contributed by atoms with Crippen LogP contribution in [0.2, 0.25) is 0 Å². The molecule has 0 bridgehead atoms. The molecule has 0 radical (unpaired) electrons. The lowest BCUT2D eigenvalue weighted by molar-refractivity contribution is -0.138. The Bertz CT molecular complexity index is 1240. The van der Waals surface area contributed by atoms with Gasteiger partial charge in [0.15, 0.2) is 0 Å². The number of ether oxygens (including phenoxy) is 1. The van der Waals surface area contributed by atoms with E-state index in [2.05, 4.69) is 111 Å². The molecule has 0 unspecified atom stereocenters. The second kappa shape index (κ2) is 11.6. The van der Waals surface area contributed by atoms with Gasteiger partial charge in [0.2, 0.25) is 5.91 Å². The van der Waals surface area contributed by atoms with E-state index >= 15 is 0 Å². The van der Waals surface area contributed by atoms with Crippen LogP contribution in [0.5, 0.6) is 0 Å². The summed E-state index contributed by atoms with van der Waals surface area (Å²) in [7, 11) is 0. The molecule has 39 heavy (non-hydrogen) atoms. The first-order chi connectivity index (χ1) is 18.9. The molecule has 4 aromatic carbocycles. The number of benzene rings is 4. The van der Waals surface area contributed by atoms with Crippen LogP contribution < -0.4 is 0 Å². The maximum Gasteiger partial charge on any atom is 0.226 e. The average Bonchev–Trinajstić information content (AvgIpc) is 3.29. The second-order valence-electron chi connectivity index (χ2n) is 11.7. The van der Waals surface area contributed by atoms with E-state index in [4.69, 9.17) is 4.74 Å². The molecule has 0 aromatic heterocycles. The van der Waals surface area contributed by atoms with Crippen LogP contribution >= 0.6 is 0 Å². The number of likely N-dealkylation sites (tertiary alicyclic amines) is 1. The van der Waals surface area contributed by atoms with Crippen molar-refractivity contribution >= 4 is 5.91 Å². The summed E-state index contributed by atoms with van der Waals surface area (Å²) in [6.45, 7) is 7.77. The third-order valence-corrected chi connectivity index (χ3v) is 7.95. The van der Waals surface area contributed by atoms with Gasteiger partial charge in [-0.25, -0.2) is 0 Å². The number of hydrogen-bond donors (Lipinski definition) is 0. The number of nitrogens with zero attached hydrogens (tertiary/aromatic N) is 1. The Balaban J connectivity index is 1.48. The molecule has 3 nitrogen and oxygen atoms in total. The molecule has 1 heterocycles. The Kier molecular flexibility index (Phi) is 7.99. The third kappa shape index (κ3) is 5.84. The molecule has 1 aliphatic heterocycles. The van der Waals surface area contributed by atoms with Crippen LogP contribution in [0.25, 0.3) is 0 Å². The summed E-state index contributed by atoms with van der Waals surface area (Å²) in [5, 5.41) is 0. The molecule has 0 saturated carbocycles. The lowest BCUT2D eigenvalue weighted by Gasteiger charge is -2.38. The van der Waals surface area contributed by atoms with Crippen molar-refractivity contribution in [3.05, 3.63) is 144 Å². The van der Waals surface area contributed by atoms with Crippen molar-refractivity contribution in [1.82, 2.24) is 4.90 Å². The molecule has 4 aromatic rings. The first kappa shape index (κ1) is 26.9. The summed E-state index contributed by atoms with van der Waals surface area (Å²) in [5.74, 6) is 0.119. The highest BCUT2D eigenvalue weighted by atomic mass is 16.5. The molecule has 200 valence electrons. The molecule has 0 aliphatic carbocycles. The minimum Gasteiger partial charge on any atom is -0.359 e. The van der Waals surface area contributed by atoms with Gasteiger partial charge in [0.25, 0.3) is 0 Å². The largest absolute Gasteiger partial charge is 0.359 e. The minimum absolute atomic E-state index is 0.00114. The lowest BCUT2D eigenvalue weighted by atomic mass is 9.80. The fraction of sp³-hybridized carbons (Fsp3) is 0.306. The first-order valence-corrected chi connectivity index (χ1v) is 14.0.